The lowest BCUT2D eigenvalue weighted by atomic mass is 9.82. The summed E-state index contributed by atoms with van der Waals surface area (Å²) < 4.78 is 26.4. The fourth-order valence-electron chi connectivity index (χ4n) is 3.32. The van der Waals surface area contributed by atoms with Crippen molar-refractivity contribution < 1.29 is 8.78 Å². The van der Waals surface area contributed by atoms with Crippen LogP contribution in [0.2, 0.25) is 0 Å². The van der Waals surface area contributed by atoms with Crippen LogP contribution in [0.3, 0.4) is 0 Å². The minimum Gasteiger partial charge on any atom is -0.324 e. The molecule has 1 saturated heterocycles. The molecule has 0 saturated carbocycles. The standard InChI is InChI=1S/C17H26F2N2/c1-3-17(4-2)6-8-21(12-17)7-5-16(20)13-9-14(18)11-15(19)10-13/h9-11,16H,3-8,12,20H2,1-2H3. The Morgan fingerprint density at radius 1 is 1.19 bits per heavy atom. The first-order valence-corrected chi connectivity index (χ1v) is 7.92. The van der Waals surface area contributed by atoms with Crippen molar-refractivity contribution in [3.63, 3.8) is 0 Å². The lowest BCUT2D eigenvalue weighted by Crippen LogP contribution is -2.29. The van der Waals surface area contributed by atoms with E-state index < -0.39 is 11.6 Å². The molecule has 0 radical (unpaired) electrons. The number of nitrogens with two attached hydrogens (primary N) is 1. The zero-order valence-corrected chi connectivity index (χ0v) is 13.0. The van der Waals surface area contributed by atoms with E-state index in [2.05, 4.69) is 18.7 Å². The molecule has 2 nitrogen and oxygen atoms in total. The minimum atomic E-state index is -0.558. The highest BCUT2D eigenvalue weighted by molar-refractivity contribution is 5.21. The molecule has 1 atom stereocenters. The highest BCUT2D eigenvalue weighted by Gasteiger charge is 2.34. The van der Waals surface area contributed by atoms with E-state index in [0.29, 0.717) is 11.0 Å². The summed E-state index contributed by atoms with van der Waals surface area (Å²) in [6.45, 7) is 7.62. The van der Waals surface area contributed by atoms with Gasteiger partial charge in [0.05, 0.1) is 0 Å². The Hall–Kier alpha value is -1.00. The van der Waals surface area contributed by atoms with Crippen LogP contribution in [0.5, 0.6) is 0 Å². The van der Waals surface area contributed by atoms with Gasteiger partial charge in [0.2, 0.25) is 0 Å². The molecule has 0 aromatic heterocycles. The molecule has 1 fully saturated rings. The van der Waals surface area contributed by atoms with E-state index in [0.717, 1.165) is 32.1 Å². The number of rotatable bonds is 6. The van der Waals surface area contributed by atoms with Crippen LogP contribution in [0, 0.1) is 17.0 Å². The molecule has 0 spiro atoms. The van der Waals surface area contributed by atoms with Crippen molar-refractivity contribution in [3.8, 4) is 0 Å². The summed E-state index contributed by atoms with van der Waals surface area (Å²) in [5, 5.41) is 0. The molecule has 1 aliphatic heterocycles. The molecule has 1 aromatic carbocycles. The third-order valence-electron chi connectivity index (χ3n) is 5.09. The van der Waals surface area contributed by atoms with Gasteiger partial charge in [0, 0.05) is 18.7 Å². The Morgan fingerprint density at radius 2 is 1.81 bits per heavy atom. The molecule has 0 bridgehead atoms. The molecule has 21 heavy (non-hydrogen) atoms. The Balaban J connectivity index is 1.89. The fourth-order valence-corrected chi connectivity index (χ4v) is 3.32. The second kappa shape index (κ2) is 6.84. The van der Waals surface area contributed by atoms with Crippen molar-refractivity contribution in [2.45, 2.75) is 45.6 Å². The molecule has 1 aromatic rings. The quantitative estimate of drug-likeness (QED) is 0.863. The van der Waals surface area contributed by atoms with Gasteiger partial charge in [0.25, 0.3) is 0 Å². The van der Waals surface area contributed by atoms with E-state index in [1.165, 1.54) is 31.4 Å². The Labute approximate surface area is 126 Å². The highest BCUT2D eigenvalue weighted by atomic mass is 19.1. The third kappa shape index (κ3) is 4.01. The second-order valence-electron chi connectivity index (χ2n) is 6.33. The van der Waals surface area contributed by atoms with Crippen LogP contribution in [0.1, 0.15) is 51.1 Å². The molecule has 4 heteroatoms. The first-order chi connectivity index (χ1) is 9.98. The van der Waals surface area contributed by atoms with E-state index in [9.17, 15) is 8.78 Å². The molecule has 1 heterocycles. The largest absolute Gasteiger partial charge is 0.324 e. The first-order valence-electron chi connectivity index (χ1n) is 7.92. The number of halogens is 2. The van der Waals surface area contributed by atoms with Crippen LogP contribution in [-0.4, -0.2) is 24.5 Å². The summed E-state index contributed by atoms with van der Waals surface area (Å²) in [5.74, 6) is -1.12. The topological polar surface area (TPSA) is 29.3 Å². The normalized spacial score (nSPS) is 19.9. The zero-order valence-electron chi connectivity index (χ0n) is 13.0. The van der Waals surface area contributed by atoms with E-state index >= 15 is 0 Å². The monoisotopic (exact) mass is 296 g/mol. The van der Waals surface area contributed by atoms with Gasteiger partial charge in [0.1, 0.15) is 11.6 Å². The number of benzene rings is 1. The van der Waals surface area contributed by atoms with Gasteiger partial charge >= 0.3 is 0 Å². The summed E-state index contributed by atoms with van der Waals surface area (Å²) in [6.07, 6.45) is 4.39. The van der Waals surface area contributed by atoms with Crippen LogP contribution in [0.15, 0.2) is 18.2 Å². The van der Waals surface area contributed by atoms with Crippen LogP contribution >= 0.6 is 0 Å². The van der Waals surface area contributed by atoms with Gasteiger partial charge < -0.3 is 10.6 Å². The summed E-state index contributed by atoms with van der Waals surface area (Å²) in [7, 11) is 0. The number of likely N-dealkylation sites (tertiary alicyclic amines) is 1. The number of hydrogen-bond donors (Lipinski definition) is 1. The zero-order chi connectivity index (χ0) is 15.5. The van der Waals surface area contributed by atoms with Crippen LogP contribution in [0.25, 0.3) is 0 Å². The average Bonchev–Trinajstić information content (AvgIpc) is 2.88. The number of nitrogens with zero attached hydrogens (tertiary/aromatic N) is 1. The van der Waals surface area contributed by atoms with Crippen LogP contribution < -0.4 is 5.73 Å². The number of hydrogen-bond acceptors (Lipinski definition) is 2. The Bertz CT molecular complexity index is 452. The molecular weight excluding hydrogens is 270 g/mol. The lowest BCUT2D eigenvalue weighted by Gasteiger charge is -2.27. The lowest BCUT2D eigenvalue weighted by molar-refractivity contribution is 0.236. The van der Waals surface area contributed by atoms with Gasteiger partial charge in [-0.05, 0) is 61.9 Å². The maximum Gasteiger partial charge on any atom is 0.126 e. The summed E-state index contributed by atoms with van der Waals surface area (Å²) in [5.41, 5.74) is 7.08. The van der Waals surface area contributed by atoms with Gasteiger partial charge in [-0.25, -0.2) is 8.78 Å². The molecule has 2 N–H and O–H groups in total. The summed E-state index contributed by atoms with van der Waals surface area (Å²) in [4.78, 5) is 2.43. The van der Waals surface area contributed by atoms with E-state index in [1.807, 2.05) is 0 Å². The second-order valence-corrected chi connectivity index (χ2v) is 6.33. The van der Waals surface area contributed by atoms with E-state index in [4.69, 9.17) is 5.73 Å². The molecule has 1 unspecified atom stereocenters. The smallest absolute Gasteiger partial charge is 0.126 e. The predicted molar refractivity (Wildman–Crippen MR) is 82.0 cm³/mol. The maximum absolute atomic E-state index is 13.2. The van der Waals surface area contributed by atoms with Gasteiger partial charge in [-0.2, -0.15) is 0 Å². The fraction of sp³-hybridized carbons (Fsp3) is 0.647. The summed E-state index contributed by atoms with van der Waals surface area (Å²) >= 11 is 0. The predicted octanol–water partition coefficient (Wildman–Crippen LogP) is 3.87. The molecule has 118 valence electrons. The van der Waals surface area contributed by atoms with Crippen molar-refractivity contribution in [3.05, 3.63) is 35.4 Å². The van der Waals surface area contributed by atoms with Gasteiger partial charge in [-0.3, -0.25) is 0 Å². The molecule has 1 aliphatic rings. The molecular formula is C17H26F2N2. The van der Waals surface area contributed by atoms with Crippen molar-refractivity contribution >= 4 is 0 Å². The van der Waals surface area contributed by atoms with E-state index in [1.54, 1.807) is 0 Å². The Morgan fingerprint density at radius 3 is 2.33 bits per heavy atom. The molecule has 0 aliphatic carbocycles. The minimum absolute atomic E-state index is 0.312. The van der Waals surface area contributed by atoms with Gasteiger partial charge in [-0.15, -0.1) is 0 Å². The van der Waals surface area contributed by atoms with Crippen LogP contribution in [0.4, 0.5) is 8.78 Å². The highest BCUT2D eigenvalue weighted by Crippen LogP contribution is 2.37. The van der Waals surface area contributed by atoms with Gasteiger partial charge in [-0.1, -0.05) is 13.8 Å². The van der Waals surface area contributed by atoms with Crippen molar-refractivity contribution in [2.75, 3.05) is 19.6 Å². The van der Waals surface area contributed by atoms with Crippen molar-refractivity contribution in [1.82, 2.24) is 4.90 Å². The summed E-state index contributed by atoms with van der Waals surface area (Å²) in [6, 6.07) is 3.24. The van der Waals surface area contributed by atoms with Crippen molar-refractivity contribution in [2.24, 2.45) is 11.1 Å². The van der Waals surface area contributed by atoms with Crippen molar-refractivity contribution in [1.29, 1.82) is 0 Å². The average molecular weight is 296 g/mol. The van der Waals surface area contributed by atoms with Crippen LogP contribution in [-0.2, 0) is 0 Å². The van der Waals surface area contributed by atoms with E-state index in [-0.39, 0.29) is 6.04 Å². The third-order valence-corrected chi connectivity index (χ3v) is 5.09. The maximum atomic E-state index is 13.2. The molecule has 0 amide bonds. The first kappa shape index (κ1) is 16.4. The SMILES string of the molecule is CCC1(CC)CCN(CCC(N)c2cc(F)cc(F)c2)C1. The molecule has 2 rings (SSSR count). The Kier molecular flexibility index (Phi) is 5.33. The van der Waals surface area contributed by atoms with Gasteiger partial charge in [0.15, 0.2) is 0 Å².